The molecule has 1 heteroatoms. The standard InChI is InChI=1S/C9H15N/c1-3-8-6-4-5-7(2)9(8)10/h5H,3-4,6,10H2,1-2H3. The van der Waals surface area contributed by atoms with E-state index in [0.717, 1.165) is 12.1 Å². The fraction of sp³-hybridized carbons (Fsp3) is 0.556. The lowest BCUT2D eigenvalue weighted by Crippen LogP contribution is -2.07. The first-order valence-electron chi connectivity index (χ1n) is 3.90. The molecular formula is C9H15N. The van der Waals surface area contributed by atoms with Gasteiger partial charge in [-0.2, -0.15) is 0 Å². The summed E-state index contributed by atoms with van der Waals surface area (Å²) in [4.78, 5) is 0. The van der Waals surface area contributed by atoms with Crippen LogP contribution in [0.3, 0.4) is 0 Å². The van der Waals surface area contributed by atoms with Crippen molar-refractivity contribution in [3.63, 3.8) is 0 Å². The highest BCUT2D eigenvalue weighted by atomic mass is 14.6. The first-order chi connectivity index (χ1) is 4.75. The van der Waals surface area contributed by atoms with Crippen molar-refractivity contribution in [1.82, 2.24) is 0 Å². The van der Waals surface area contributed by atoms with Crippen molar-refractivity contribution >= 4 is 0 Å². The molecule has 0 aromatic carbocycles. The van der Waals surface area contributed by atoms with E-state index < -0.39 is 0 Å². The Kier molecular flexibility index (Phi) is 2.15. The largest absolute Gasteiger partial charge is 0.399 e. The highest BCUT2D eigenvalue weighted by Gasteiger charge is 2.06. The van der Waals surface area contributed by atoms with Crippen molar-refractivity contribution in [2.24, 2.45) is 5.73 Å². The van der Waals surface area contributed by atoms with Gasteiger partial charge in [-0.3, -0.25) is 0 Å². The Morgan fingerprint density at radius 3 is 2.80 bits per heavy atom. The molecule has 0 atom stereocenters. The molecule has 10 heavy (non-hydrogen) atoms. The minimum atomic E-state index is 1.04. The third-order valence-corrected chi connectivity index (χ3v) is 2.13. The molecule has 0 fully saturated rings. The van der Waals surface area contributed by atoms with Crippen LogP contribution in [-0.4, -0.2) is 0 Å². The third-order valence-electron chi connectivity index (χ3n) is 2.13. The van der Waals surface area contributed by atoms with Gasteiger partial charge in [0.15, 0.2) is 0 Å². The van der Waals surface area contributed by atoms with Gasteiger partial charge in [-0.1, -0.05) is 13.0 Å². The van der Waals surface area contributed by atoms with E-state index in [0.29, 0.717) is 0 Å². The summed E-state index contributed by atoms with van der Waals surface area (Å²) in [7, 11) is 0. The quantitative estimate of drug-likeness (QED) is 0.590. The zero-order valence-corrected chi connectivity index (χ0v) is 6.78. The lowest BCUT2D eigenvalue weighted by molar-refractivity contribution is 0.854. The van der Waals surface area contributed by atoms with Gasteiger partial charge in [0, 0.05) is 5.70 Å². The van der Waals surface area contributed by atoms with Gasteiger partial charge in [-0.05, 0) is 37.3 Å². The summed E-state index contributed by atoms with van der Waals surface area (Å²) in [6.07, 6.45) is 5.67. The monoisotopic (exact) mass is 137 g/mol. The molecule has 1 aliphatic carbocycles. The Bertz CT molecular complexity index is 187. The lowest BCUT2D eigenvalue weighted by Gasteiger charge is -2.14. The second-order valence-electron chi connectivity index (χ2n) is 2.80. The van der Waals surface area contributed by atoms with Crippen LogP contribution in [0.25, 0.3) is 0 Å². The SMILES string of the molecule is CCC1=C(N)C(C)=CCC1. The zero-order valence-electron chi connectivity index (χ0n) is 6.78. The summed E-state index contributed by atoms with van der Waals surface area (Å²) in [5.41, 5.74) is 9.58. The molecule has 1 aliphatic rings. The molecule has 0 saturated carbocycles. The molecule has 0 aromatic heterocycles. The molecule has 1 rings (SSSR count). The van der Waals surface area contributed by atoms with E-state index in [1.165, 1.54) is 24.0 Å². The smallest absolute Gasteiger partial charge is 0.0332 e. The van der Waals surface area contributed by atoms with Gasteiger partial charge < -0.3 is 5.73 Å². The molecule has 56 valence electrons. The maximum absolute atomic E-state index is 5.84. The predicted molar refractivity (Wildman–Crippen MR) is 44.5 cm³/mol. The molecule has 0 aromatic rings. The molecule has 0 unspecified atom stereocenters. The summed E-state index contributed by atoms with van der Waals surface area (Å²) in [6, 6.07) is 0. The van der Waals surface area contributed by atoms with Gasteiger partial charge in [-0.25, -0.2) is 0 Å². The molecule has 2 N–H and O–H groups in total. The van der Waals surface area contributed by atoms with Crippen LogP contribution in [0.2, 0.25) is 0 Å². The molecule has 0 saturated heterocycles. The van der Waals surface area contributed by atoms with Crippen LogP contribution in [0.15, 0.2) is 22.9 Å². The fourth-order valence-electron chi connectivity index (χ4n) is 1.35. The van der Waals surface area contributed by atoms with Crippen LogP contribution in [0.5, 0.6) is 0 Å². The van der Waals surface area contributed by atoms with Crippen molar-refractivity contribution < 1.29 is 0 Å². The number of rotatable bonds is 1. The van der Waals surface area contributed by atoms with Crippen LogP contribution in [0, 0.1) is 0 Å². The fourth-order valence-corrected chi connectivity index (χ4v) is 1.35. The lowest BCUT2D eigenvalue weighted by atomic mass is 9.95. The topological polar surface area (TPSA) is 26.0 Å². The number of hydrogen-bond acceptors (Lipinski definition) is 1. The van der Waals surface area contributed by atoms with Crippen LogP contribution in [-0.2, 0) is 0 Å². The Morgan fingerprint density at radius 1 is 1.60 bits per heavy atom. The number of hydrogen-bond donors (Lipinski definition) is 1. The summed E-state index contributed by atoms with van der Waals surface area (Å²) in [5.74, 6) is 0. The molecule has 0 heterocycles. The van der Waals surface area contributed by atoms with Crippen molar-refractivity contribution in [2.45, 2.75) is 33.1 Å². The molecule has 0 spiro atoms. The average Bonchev–Trinajstić information content (AvgIpc) is 1.95. The number of nitrogens with two attached hydrogens (primary N) is 1. The van der Waals surface area contributed by atoms with E-state index in [-0.39, 0.29) is 0 Å². The molecular weight excluding hydrogens is 122 g/mol. The summed E-state index contributed by atoms with van der Waals surface area (Å²) >= 11 is 0. The second-order valence-corrected chi connectivity index (χ2v) is 2.80. The van der Waals surface area contributed by atoms with E-state index in [2.05, 4.69) is 19.9 Å². The van der Waals surface area contributed by atoms with Crippen LogP contribution >= 0.6 is 0 Å². The minimum absolute atomic E-state index is 1.04. The summed E-state index contributed by atoms with van der Waals surface area (Å²) in [5, 5.41) is 0. The van der Waals surface area contributed by atoms with Gasteiger partial charge in [0.2, 0.25) is 0 Å². The Morgan fingerprint density at radius 2 is 2.30 bits per heavy atom. The van der Waals surface area contributed by atoms with Crippen molar-refractivity contribution in [3.05, 3.63) is 22.9 Å². The zero-order chi connectivity index (χ0) is 7.56. The second kappa shape index (κ2) is 2.91. The van der Waals surface area contributed by atoms with Crippen LogP contribution in [0.1, 0.15) is 33.1 Å². The number of allylic oxidation sites excluding steroid dienone is 3. The van der Waals surface area contributed by atoms with Gasteiger partial charge in [0.1, 0.15) is 0 Å². The van der Waals surface area contributed by atoms with E-state index in [4.69, 9.17) is 5.73 Å². The van der Waals surface area contributed by atoms with Crippen LogP contribution < -0.4 is 5.73 Å². The summed E-state index contributed by atoms with van der Waals surface area (Å²) in [6.45, 7) is 4.25. The first kappa shape index (κ1) is 7.39. The van der Waals surface area contributed by atoms with Gasteiger partial charge >= 0.3 is 0 Å². The average molecular weight is 137 g/mol. The van der Waals surface area contributed by atoms with Gasteiger partial charge in [0.05, 0.1) is 0 Å². The minimum Gasteiger partial charge on any atom is -0.399 e. The first-order valence-corrected chi connectivity index (χ1v) is 3.90. The molecule has 1 nitrogen and oxygen atoms in total. The highest BCUT2D eigenvalue weighted by Crippen LogP contribution is 2.22. The van der Waals surface area contributed by atoms with Crippen LogP contribution in [0.4, 0.5) is 0 Å². The Balaban J connectivity index is 2.85. The molecule has 0 aliphatic heterocycles. The van der Waals surface area contributed by atoms with E-state index in [1.54, 1.807) is 0 Å². The van der Waals surface area contributed by atoms with E-state index in [1.807, 2.05) is 0 Å². The van der Waals surface area contributed by atoms with Gasteiger partial charge in [0.25, 0.3) is 0 Å². The maximum atomic E-state index is 5.84. The highest BCUT2D eigenvalue weighted by molar-refractivity contribution is 5.34. The molecule has 0 radical (unpaired) electrons. The predicted octanol–water partition coefficient (Wildman–Crippen LogP) is 2.35. The molecule has 0 bridgehead atoms. The van der Waals surface area contributed by atoms with E-state index >= 15 is 0 Å². The van der Waals surface area contributed by atoms with Crippen molar-refractivity contribution in [3.8, 4) is 0 Å². The maximum Gasteiger partial charge on any atom is 0.0332 e. The van der Waals surface area contributed by atoms with Gasteiger partial charge in [-0.15, -0.1) is 0 Å². The van der Waals surface area contributed by atoms with Crippen molar-refractivity contribution in [2.75, 3.05) is 0 Å². The third kappa shape index (κ3) is 1.23. The Labute approximate surface area is 62.6 Å². The Hall–Kier alpha value is -0.720. The molecule has 0 amide bonds. The van der Waals surface area contributed by atoms with Crippen molar-refractivity contribution in [1.29, 1.82) is 0 Å². The normalized spacial score (nSPS) is 19.2. The van der Waals surface area contributed by atoms with E-state index in [9.17, 15) is 0 Å². The summed E-state index contributed by atoms with van der Waals surface area (Å²) < 4.78 is 0.